The molecule has 0 saturated heterocycles. The van der Waals surface area contributed by atoms with Crippen LogP contribution < -0.4 is 5.19 Å². The topological polar surface area (TPSA) is 4.93 Å². The molecule has 19 heavy (non-hydrogen) atoms. The van der Waals surface area contributed by atoms with Crippen molar-refractivity contribution in [1.29, 1.82) is 0 Å². The minimum absolute atomic E-state index is 1.14. The van der Waals surface area contributed by atoms with Crippen LogP contribution in [0.25, 0.3) is 10.9 Å². The molecule has 3 aromatic rings. The first-order chi connectivity index (χ1) is 9.09. The van der Waals surface area contributed by atoms with Crippen LogP contribution in [0.15, 0.2) is 65.3 Å². The summed E-state index contributed by atoms with van der Waals surface area (Å²) in [5, 5.41) is 2.75. The van der Waals surface area contributed by atoms with E-state index in [2.05, 4.69) is 94.1 Å². The predicted octanol–water partition coefficient (Wildman–Crippen LogP) is 4.36. The highest BCUT2D eigenvalue weighted by Crippen LogP contribution is 2.23. The van der Waals surface area contributed by atoms with Crippen molar-refractivity contribution in [3.8, 4) is 0 Å². The highest BCUT2D eigenvalue weighted by atomic mass is 79.9. The number of hydrogen-bond acceptors (Lipinski definition) is 0. The highest BCUT2D eigenvalue weighted by molar-refractivity contribution is 9.10. The van der Waals surface area contributed by atoms with Crippen LogP contribution in [0.3, 0.4) is 0 Å². The molecule has 0 bridgehead atoms. The van der Waals surface area contributed by atoms with Gasteiger partial charge in [0, 0.05) is 9.99 Å². The molecule has 0 amide bonds. The number of halogens is 1. The van der Waals surface area contributed by atoms with E-state index in [0.717, 1.165) is 4.47 Å². The average Bonchev–Trinajstić information content (AvgIpc) is 2.83. The third-order valence-electron chi connectivity index (χ3n) is 3.73. The van der Waals surface area contributed by atoms with Gasteiger partial charge in [-0.25, -0.2) is 0 Å². The molecule has 0 radical (unpaired) electrons. The van der Waals surface area contributed by atoms with Crippen LogP contribution in [-0.2, 0) is 0 Å². The standard InChI is InChI=1S/C16H16BrNSi/c1-19(2,15-6-4-3-5-7-15)18-11-10-13-12-14(17)8-9-16(13)18/h3-12H,1-2H3. The molecule has 0 fully saturated rings. The van der Waals surface area contributed by atoms with Crippen LogP contribution in [0.1, 0.15) is 0 Å². The van der Waals surface area contributed by atoms with Crippen LogP contribution in [0.5, 0.6) is 0 Å². The van der Waals surface area contributed by atoms with Gasteiger partial charge in [-0.05, 0) is 54.1 Å². The molecule has 0 spiro atoms. The lowest BCUT2D eigenvalue weighted by molar-refractivity contribution is 1.22. The molecule has 3 heteroatoms. The van der Waals surface area contributed by atoms with Gasteiger partial charge >= 0.3 is 0 Å². The lowest BCUT2D eigenvalue weighted by atomic mass is 10.3. The maximum absolute atomic E-state index is 3.54. The number of benzene rings is 2. The van der Waals surface area contributed by atoms with Crippen molar-refractivity contribution >= 4 is 40.3 Å². The Morgan fingerprint density at radius 2 is 1.68 bits per heavy atom. The van der Waals surface area contributed by atoms with Gasteiger partial charge in [-0.3, -0.25) is 0 Å². The van der Waals surface area contributed by atoms with E-state index < -0.39 is 8.24 Å². The summed E-state index contributed by atoms with van der Waals surface area (Å²) in [6.45, 7) is 4.79. The molecule has 0 N–H and O–H groups in total. The summed E-state index contributed by atoms with van der Waals surface area (Å²) in [6, 6.07) is 19.6. The summed E-state index contributed by atoms with van der Waals surface area (Å²) in [6.07, 6.45) is 2.23. The molecule has 1 nitrogen and oxygen atoms in total. The maximum Gasteiger partial charge on any atom is 0.187 e. The van der Waals surface area contributed by atoms with Crippen molar-refractivity contribution in [2.45, 2.75) is 13.1 Å². The molecule has 0 aliphatic heterocycles. The monoisotopic (exact) mass is 329 g/mol. The second kappa shape index (κ2) is 4.65. The molecule has 0 atom stereocenters. The Morgan fingerprint density at radius 1 is 0.947 bits per heavy atom. The fraction of sp³-hybridized carbons (Fsp3) is 0.125. The normalized spacial score (nSPS) is 11.9. The van der Waals surface area contributed by atoms with Crippen LogP contribution in [0, 0.1) is 0 Å². The SMILES string of the molecule is C[Si](C)(c1ccccc1)n1ccc2cc(Br)ccc21. The molecular weight excluding hydrogens is 314 g/mol. The molecule has 0 aliphatic rings. The highest BCUT2D eigenvalue weighted by Gasteiger charge is 2.26. The summed E-state index contributed by atoms with van der Waals surface area (Å²) in [5.41, 5.74) is 1.32. The Morgan fingerprint density at radius 3 is 2.42 bits per heavy atom. The molecule has 0 saturated carbocycles. The zero-order valence-electron chi connectivity index (χ0n) is 11.1. The molecule has 1 aromatic heterocycles. The van der Waals surface area contributed by atoms with Crippen LogP contribution >= 0.6 is 15.9 Å². The second-order valence-electron chi connectivity index (χ2n) is 5.31. The minimum atomic E-state index is -1.68. The number of nitrogens with zero attached hydrogens (tertiary/aromatic N) is 1. The molecule has 0 aliphatic carbocycles. The van der Waals surface area contributed by atoms with E-state index in [-0.39, 0.29) is 0 Å². The molecular formula is C16H16BrNSi. The van der Waals surface area contributed by atoms with E-state index >= 15 is 0 Å². The zero-order valence-corrected chi connectivity index (χ0v) is 13.7. The Hall–Kier alpha value is -1.32. The largest absolute Gasteiger partial charge is 0.370 e. The number of fused-ring (bicyclic) bond motifs is 1. The van der Waals surface area contributed by atoms with Gasteiger partial charge in [-0.1, -0.05) is 46.3 Å². The van der Waals surface area contributed by atoms with Gasteiger partial charge in [0.25, 0.3) is 0 Å². The third kappa shape index (κ3) is 2.17. The Labute approximate surface area is 123 Å². The summed E-state index contributed by atoms with van der Waals surface area (Å²) in [5.74, 6) is 0. The summed E-state index contributed by atoms with van der Waals surface area (Å²) < 4.78 is 3.61. The Bertz CT molecular complexity index is 716. The summed E-state index contributed by atoms with van der Waals surface area (Å²) >= 11 is 3.54. The first-order valence-electron chi connectivity index (χ1n) is 6.42. The van der Waals surface area contributed by atoms with Crippen molar-refractivity contribution in [3.63, 3.8) is 0 Å². The van der Waals surface area contributed by atoms with Gasteiger partial charge in [0.15, 0.2) is 8.24 Å². The summed E-state index contributed by atoms with van der Waals surface area (Å²) in [7, 11) is -1.68. The predicted molar refractivity (Wildman–Crippen MR) is 88.6 cm³/mol. The van der Waals surface area contributed by atoms with Gasteiger partial charge in [-0.15, -0.1) is 0 Å². The van der Waals surface area contributed by atoms with E-state index in [0.29, 0.717) is 0 Å². The smallest absolute Gasteiger partial charge is 0.187 e. The van der Waals surface area contributed by atoms with Gasteiger partial charge in [0.1, 0.15) is 0 Å². The molecule has 0 unspecified atom stereocenters. The molecule has 2 aromatic carbocycles. The fourth-order valence-electron chi connectivity index (χ4n) is 2.59. The van der Waals surface area contributed by atoms with Gasteiger partial charge in [-0.2, -0.15) is 0 Å². The van der Waals surface area contributed by atoms with Gasteiger partial charge < -0.3 is 4.23 Å². The average molecular weight is 330 g/mol. The van der Waals surface area contributed by atoms with E-state index in [1.165, 1.54) is 16.1 Å². The van der Waals surface area contributed by atoms with Crippen molar-refractivity contribution < 1.29 is 0 Å². The van der Waals surface area contributed by atoms with Crippen LogP contribution in [-0.4, -0.2) is 12.5 Å². The summed E-state index contributed by atoms with van der Waals surface area (Å²) in [4.78, 5) is 0. The fourth-order valence-corrected chi connectivity index (χ4v) is 5.50. The second-order valence-corrected chi connectivity index (χ2v) is 10.4. The third-order valence-corrected chi connectivity index (χ3v) is 7.57. The first kappa shape index (κ1) is 12.7. The van der Waals surface area contributed by atoms with E-state index in [9.17, 15) is 0 Å². The van der Waals surface area contributed by atoms with E-state index in [1.54, 1.807) is 0 Å². The van der Waals surface area contributed by atoms with Crippen molar-refractivity contribution in [2.75, 3.05) is 0 Å². The lowest BCUT2D eigenvalue weighted by Gasteiger charge is -2.26. The van der Waals surface area contributed by atoms with E-state index in [4.69, 9.17) is 0 Å². The van der Waals surface area contributed by atoms with Crippen molar-refractivity contribution in [3.05, 3.63) is 65.3 Å². The van der Waals surface area contributed by atoms with Crippen molar-refractivity contribution in [2.24, 2.45) is 0 Å². The maximum atomic E-state index is 3.54. The Balaban J connectivity index is 2.19. The molecule has 3 rings (SSSR count). The molecule has 1 heterocycles. The number of rotatable bonds is 2. The van der Waals surface area contributed by atoms with Gasteiger partial charge in [0.05, 0.1) is 0 Å². The first-order valence-corrected chi connectivity index (χ1v) is 10.2. The minimum Gasteiger partial charge on any atom is -0.370 e. The zero-order chi connectivity index (χ0) is 13.5. The van der Waals surface area contributed by atoms with Crippen LogP contribution in [0.2, 0.25) is 13.1 Å². The lowest BCUT2D eigenvalue weighted by Crippen LogP contribution is -2.48. The van der Waals surface area contributed by atoms with Crippen molar-refractivity contribution in [1.82, 2.24) is 4.23 Å². The number of aromatic nitrogens is 1. The Kier molecular flexibility index (Phi) is 3.11. The molecule has 96 valence electrons. The van der Waals surface area contributed by atoms with E-state index in [1.807, 2.05) is 0 Å². The van der Waals surface area contributed by atoms with Crippen LogP contribution in [0.4, 0.5) is 0 Å². The number of hydrogen-bond donors (Lipinski definition) is 0. The quantitative estimate of drug-likeness (QED) is 0.615. The van der Waals surface area contributed by atoms with Gasteiger partial charge in [0.2, 0.25) is 0 Å².